The molecule has 2 rings (SSSR count). The highest BCUT2D eigenvalue weighted by atomic mass is 16.3. The Morgan fingerprint density at radius 3 is 2.71 bits per heavy atom. The molecule has 94 valence electrons. The van der Waals surface area contributed by atoms with Gasteiger partial charge in [-0.1, -0.05) is 12.1 Å². The van der Waals surface area contributed by atoms with Crippen LogP contribution in [-0.4, -0.2) is 23.3 Å². The lowest BCUT2D eigenvalue weighted by molar-refractivity contribution is 0.0808. The lowest BCUT2D eigenvalue weighted by Gasteiger charge is -2.23. The summed E-state index contributed by atoms with van der Waals surface area (Å²) in [5.74, 6) is 0. The Bertz CT molecular complexity index is 406. The first kappa shape index (κ1) is 12.4. The van der Waals surface area contributed by atoms with Gasteiger partial charge in [-0.2, -0.15) is 0 Å². The molecule has 1 N–H and O–H groups in total. The van der Waals surface area contributed by atoms with E-state index < -0.39 is 5.60 Å². The zero-order valence-corrected chi connectivity index (χ0v) is 11.3. The minimum absolute atomic E-state index is 0.581. The van der Waals surface area contributed by atoms with Gasteiger partial charge >= 0.3 is 0 Å². The van der Waals surface area contributed by atoms with E-state index in [9.17, 15) is 5.11 Å². The minimum Gasteiger partial charge on any atom is -0.390 e. The molecule has 0 amide bonds. The first-order valence-electron chi connectivity index (χ1n) is 6.52. The largest absolute Gasteiger partial charge is 0.390 e. The fourth-order valence-electron chi connectivity index (χ4n) is 2.88. The number of nitrogens with zero attached hydrogens (tertiary/aromatic N) is 1. The molecule has 17 heavy (non-hydrogen) atoms. The molecule has 0 saturated carbocycles. The number of likely N-dealkylation sites (N-methyl/N-ethyl adjacent to an activating group) is 1. The molecule has 2 heteroatoms. The van der Waals surface area contributed by atoms with Gasteiger partial charge in [0.25, 0.3) is 0 Å². The van der Waals surface area contributed by atoms with Crippen LogP contribution in [0.5, 0.6) is 0 Å². The smallest absolute Gasteiger partial charge is 0.0632 e. The Kier molecular flexibility index (Phi) is 3.17. The first-order chi connectivity index (χ1) is 7.92. The zero-order chi connectivity index (χ0) is 12.6. The van der Waals surface area contributed by atoms with Crippen LogP contribution in [0.4, 0.5) is 5.69 Å². The molecule has 0 aliphatic carbocycles. The van der Waals surface area contributed by atoms with Gasteiger partial charge in [-0.25, -0.2) is 0 Å². The van der Waals surface area contributed by atoms with Crippen LogP contribution in [0.2, 0.25) is 0 Å². The van der Waals surface area contributed by atoms with Crippen molar-refractivity contribution in [3.05, 3.63) is 29.3 Å². The summed E-state index contributed by atoms with van der Waals surface area (Å²) in [6.45, 7) is 9.29. The molecule has 0 fully saturated rings. The Labute approximate surface area is 104 Å². The van der Waals surface area contributed by atoms with Crippen LogP contribution in [0.25, 0.3) is 0 Å². The van der Waals surface area contributed by atoms with Crippen molar-refractivity contribution in [3.63, 3.8) is 0 Å². The summed E-state index contributed by atoms with van der Waals surface area (Å²) < 4.78 is 0. The molecule has 1 heterocycles. The number of rotatable bonds is 3. The monoisotopic (exact) mass is 233 g/mol. The van der Waals surface area contributed by atoms with E-state index in [1.54, 1.807) is 0 Å². The molecule has 2 nitrogen and oxygen atoms in total. The predicted octanol–water partition coefficient (Wildman–Crippen LogP) is 2.77. The third kappa shape index (κ3) is 2.47. The van der Waals surface area contributed by atoms with Crippen molar-refractivity contribution in [2.24, 2.45) is 0 Å². The van der Waals surface area contributed by atoms with Crippen molar-refractivity contribution in [1.29, 1.82) is 0 Å². The van der Waals surface area contributed by atoms with E-state index >= 15 is 0 Å². The summed E-state index contributed by atoms with van der Waals surface area (Å²) in [5, 5.41) is 9.98. The van der Waals surface area contributed by atoms with Gasteiger partial charge in [-0.05, 0) is 51.3 Å². The summed E-state index contributed by atoms with van der Waals surface area (Å²) in [4.78, 5) is 2.45. The van der Waals surface area contributed by atoms with Gasteiger partial charge in [0.1, 0.15) is 0 Å². The van der Waals surface area contributed by atoms with Crippen molar-refractivity contribution in [2.75, 3.05) is 11.4 Å². The standard InChI is InChI=1S/C15H23NO/c1-5-16-11(2)9-13-12(10-15(3,4)17)7-6-8-14(13)16/h6-8,11,17H,5,9-10H2,1-4H3. The van der Waals surface area contributed by atoms with E-state index in [4.69, 9.17) is 0 Å². The van der Waals surface area contributed by atoms with Crippen LogP contribution >= 0.6 is 0 Å². The molecule has 1 aliphatic rings. The van der Waals surface area contributed by atoms with E-state index in [0.29, 0.717) is 6.04 Å². The molecule has 0 aromatic heterocycles. The molecular formula is C15H23NO. The maximum absolute atomic E-state index is 9.98. The lowest BCUT2D eigenvalue weighted by Crippen LogP contribution is -2.28. The number of hydrogen-bond donors (Lipinski definition) is 1. The SMILES string of the molecule is CCN1c2cccc(CC(C)(C)O)c2CC1C. The highest BCUT2D eigenvalue weighted by Crippen LogP contribution is 2.35. The van der Waals surface area contributed by atoms with Crippen molar-refractivity contribution < 1.29 is 5.11 Å². The van der Waals surface area contributed by atoms with E-state index in [1.165, 1.54) is 16.8 Å². The summed E-state index contributed by atoms with van der Waals surface area (Å²) in [6.07, 6.45) is 1.84. The van der Waals surface area contributed by atoms with Crippen LogP contribution in [-0.2, 0) is 12.8 Å². The Morgan fingerprint density at radius 1 is 1.41 bits per heavy atom. The van der Waals surface area contributed by atoms with Crippen molar-refractivity contribution in [2.45, 2.75) is 52.2 Å². The highest BCUT2D eigenvalue weighted by molar-refractivity contribution is 5.62. The van der Waals surface area contributed by atoms with E-state index in [2.05, 4.69) is 36.9 Å². The molecule has 1 unspecified atom stereocenters. The number of aliphatic hydroxyl groups is 1. The second-order valence-corrected chi connectivity index (χ2v) is 5.74. The molecule has 1 aromatic rings. The number of hydrogen-bond acceptors (Lipinski definition) is 2. The van der Waals surface area contributed by atoms with Gasteiger partial charge in [0.2, 0.25) is 0 Å². The summed E-state index contributed by atoms with van der Waals surface area (Å²) >= 11 is 0. The Hall–Kier alpha value is -1.02. The van der Waals surface area contributed by atoms with Crippen LogP contribution in [0.1, 0.15) is 38.8 Å². The fourth-order valence-corrected chi connectivity index (χ4v) is 2.88. The van der Waals surface area contributed by atoms with Crippen LogP contribution in [0.3, 0.4) is 0 Å². The van der Waals surface area contributed by atoms with Crippen molar-refractivity contribution >= 4 is 5.69 Å². The molecule has 0 spiro atoms. The second kappa shape index (κ2) is 4.34. The van der Waals surface area contributed by atoms with Gasteiger partial charge in [-0.3, -0.25) is 0 Å². The maximum atomic E-state index is 9.98. The normalized spacial score (nSPS) is 19.6. The van der Waals surface area contributed by atoms with Crippen LogP contribution in [0, 0.1) is 0 Å². The third-order valence-corrected chi connectivity index (χ3v) is 3.55. The van der Waals surface area contributed by atoms with E-state index in [-0.39, 0.29) is 0 Å². The summed E-state index contributed by atoms with van der Waals surface area (Å²) in [5.41, 5.74) is 3.47. The maximum Gasteiger partial charge on any atom is 0.0632 e. The van der Waals surface area contributed by atoms with E-state index in [1.807, 2.05) is 13.8 Å². The number of benzene rings is 1. The third-order valence-electron chi connectivity index (χ3n) is 3.55. The van der Waals surface area contributed by atoms with Crippen molar-refractivity contribution in [1.82, 2.24) is 0 Å². The second-order valence-electron chi connectivity index (χ2n) is 5.74. The van der Waals surface area contributed by atoms with Gasteiger partial charge in [0, 0.05) is 24.7 Å². The van der Waals surface area contributed by atoms with Crippen molar-refractivity contribution in [3.8, 4) is 0 Å². The lowest BCUT2D eigenvalue weighted by atomic mass is 9.93. The van der Waals surface area contributed by atoms with Crippen LogP contribution < -0.4 is 4.90 Å². The average molecular weight is 233 g/mol. The average Bonchev–Trinajstić information content (AvgIpc) is 2.53. The summed E-state index contributed by atoms with van der Waals surface area (Å²) in [6, 6.07) is 7.05. The highest BCUT2D eigenvalue weighted by Gasteiger charge is 2.27. The Balaban J connectivity index is 2.36. The number of anilines is 1. The molecule has 1 aromatic carbocycles. The molecular weight excluding hydrogens is 210 g/mol. The minimum atomic E-state index is -0.627. The van der Waals surface area contributed by atoms with E-state index in [0.717, 1.165) is 19.4 Å². The Morgan fingerprint density at radius 2 is 2.12 bits per heavy atom. The number of fused-ring (bicyclic) bond motifs is 1. The zero-order valence-electron chi connectivity index (χ0n) is 11.3. The first-order valence-corrected chi connectivity index (χ1v) is 6.52. The summed E-state index contributed by atoms with van der Waals surface area (Å²) in [7, 11) is 0. The van der Waals surface area contributed by atoms with Gasteiger partial charge in [0.05, 0.1) is 5.60 Å². The topological polar surface area (TPSA) is 23.5 Å². The molecule has 1 aliphatic heterocycles. The van der Waals surface area contributed by atoms with Gasteiger partial charge < -0.3 is 10.0 Å². The molecule has 1 atom stereocenters. The van der Waals surface area contributed by atoms with Gasteiger partial charge in [0.15, 0.2) is 0 Å². The van der Waals surface area contributed by atoms with Gasteiger partial charge in [-0.15, -0.1) is 0 Å². The molecule has 0 radical (unpaired) electrons. The molecule has 0 saturated heterocycles. The quantitative estimate of drug-likeness (QED) is 0.867. The predicted molar refractivity (Wildman–Crippen MR) is 72.6 cm³/mol. The van der Waals surface area contributed by atoms with Crippen LogP contribution in [0.15, 0.2) is 18.2 Å². The fraction of sp³-hybridized carbons (Fsp3) is 0.600. The molecule has 0 bridgehead atoms.